The van der Waals surface area contributed by atoms with Gasteiger partial charge in [0.25, 0.3) is 5.91 Å². The van der Waals surface area contributed by atoms with E-state index in [4.69, 9.17) is 4.74 Å². The Labute approximate surface area is 116 Å². The van der Waals surface area contributed by atoms with E-state index in [1.165, 1.54) is 11.0 Å². The van der Waals surface area contributed by atoms with E-state index in [2.05, 4.69) is 0 Å². The summed E-state index contributed by atoms with van der Waals surface area (Å²) < 4.78 is 30.8. The standard InChI is InChI=1S/C14H17F2NO3/c1-3-7-17(9-13(18)20-4-2)14(19)10-5-6-11(15)12(16)8-10/h5-6,8H,3-4,7,9H2,1-2H3. The van der Waals surface area contributed by atoms with E-state index in [-0.39, 0.29) is 18.7 Å². The number of nitrogens with zero attached hydrogens (tertiary/aromatic N) is 1. The van der Waals surface area contributed by atoms with Gasteiger partial charge in [0, 0.05) is 12.1 Å². The molecule has 4 nitrogen and oxygen atoms in total. The van der Waals surface area contributed by atoms with Crippen molar-refractivity contribution >= 4 is 11.9 Å². The van der Waals surface area contributed by atoms with Crippen molar-refractivity contribution in [2.24, 2.45) is 0 Å². The number of hydrogen-bond donors (Lipinski definition) is 0. The summed E-state index contributed by atoms with van der Waals surface area (Å²) in [4.78, 5) is 24.9. The van der Waals surface area contributed by atoms with Crippen molar-refractivity contribution in [1.82, 2.24) is 4.90 Å². The molecule has 0 spiro atoms. The van der Waals surface area contributed by atoms with Crippen LogP contribution in [0.4, 0.5) is 8.78 Å². The van der Waals surface area contributed by atoms with E-state index >= 15 is 0 Å². The number of ether oxygens (including phenoxy) is 1. The zero-order valence-corrected chi connectivity index (χ0v) is 11.5. The maximum absolute atomic E-state index is 13.1. The van der Waals surface area contributed by atoms with Crippen molar-refractivity contribution in [3.63, 3.8) is 0 Å². The average Bonchev–Trinajstić information content (AvgIpc) is 2.41. The highest BCUT2D eigenvalue weighted by molar-refractivity contribution is 5.96. The number of hydrogen-bond acceptors (Lipinski definition) is 3. The molecule has 110 valence electrons. The van der Waals surface area contributed by atoms with Gasteiger partial charge >= 0.3 is 5.97 Å². The minimum absolute atomic E-state index is 0.00153. The van der Waals surface area contributed by atoms with Crippen molar-refractivity contribution in [3.8, 4) is 0 Å². The molecule has 0 saturated heterocycles. The zero-order valence-electron chi connectivity index (χ0n) is 11.5. The van der Waals surface area contributed by atoms with Crippen molar-refractivity contribution in [2.45, 2.75) is 20.3 Å². The van der Waals surface area contributed by atoms with Crippen LogP contribution in [0.2, 0.25) is 0 Å². The van der Waals surface area contributed by atoms with Gasteiger partial charge in [0.2, 0.25) is 0 Å². The molecular formula is C14H17F2NO3. The van der Waals surface area contributed by atoms with Crippen molar-refractivity contribution < 1.29 is 23.1 Å². The first-order chi connectivity index (χ1) is 9.49. The molecule has 0 aliphatic rings. The Bertz CT molecular complexity index is 491. The van der Waals surface area contributed by atoms with Gasteiger partial charge in [-0.3, -0.25) is 9.59 Å². The van der Waals surface area contributed by atoms with Gasteiger partial charge in [0.05, 0.1) is 6.61 Å². The largest absolute Gasteiger partial charge is 0.465 e. The molecule has 1 aromatic carbocycles. The van der Waals surface area contributed by atoms with E-state index in [9.17, 15) is 18.4 Å². The molecule has 0 fully saturated rings. The Morgan fingerprint density at radius 3 is 2.45 bits per heavy atom. The van der Waals surface area contributed by atoms with Crippen LogP contribution in [0.1, 0.15) is 30.6 Å². The first kappa shape index (κ1) is 16.1. The van der Waals surface area contributed by atoms with E-state index in [1.807, 2.05) is 6.92 Å². The third kappa shape index (κ3) is 4.29. The number of carbonyl (C=O) groups is 2. The molecule has 0 aliphatic heterocycles. The molecule has 0 aromatic heterocycles. The van der Waals surface area contributed by atoms with Gasteiger partial charge in [0.15, 0.2) is 11.6 Å². The van der Waals surface area contributed by atoms with Gasteiger partial charge in [-0.05, 0) is 31.5 Å². The van der Waals surface area contributed by atoms with Gasteiger partial charge in [-0.15, -0.1) is 0 Å². The lowest BCUT2D eigenvalue weighted by Crippen LogP contribution is -2.37. The second kappa shape index (κ2) is 7.57. The van der Waals surface area contributed by atoms with Gasteiger partial charge < -0.3 is 9.64 Å². The van der Waals surface area contributed by atoms with Crippen molar-refractivity contribution in [3.05, 3.63) is 35.4 Å². The number of rotatable bonds is 6. The maximum Gasteiger partial charge on any atom is 0.325 e. The lowest BCUT2D eigenvalue weighted by atomic mass is 10.2. The first-order valence-corrected chi connectivity index (χ1v) is 6.39. The molecule has 6 heteroatoms. The van der Waals surface area contributed by atoms with Gasteiger partial charge in [-0.1, -0.05) is 6.92 Å². The normalized spacial score (nSPS) is 10.2. The molecule has 0 unspecified atom stereocenters. The molecule has 0 atom stereocenters. The topological polar surface area (TPSA) is 46.6 Å². The lowest BCUT2D eigenvalue weighted by molar-refractivity contribution is -0.143. The first-order valence-electron chi connectivity index (χ1n) is 6.39. The Morgan fingerprint density at radius 2 is 1.90 bits per heavy atom. The molecule has 1 aromatic rings. The lowest BCUT2D eigenvalue weighted by Gasteiger charge is -2.21. The van der Waals surface area contributed by atoms with Crippen LogP contribution in [-0.4, -0.2) is 36.5 Å². The average molecular weight is 285 g/mol. The number of esters is 1. The molecule has 0 bridgehead atoms. The summed E-state index contributed by atoms with van der Waals surface area (Å²) in [6, 6.07) is 2.90. The van der Waals surface area contributed by atoms with Gasteiger partial charge in [-0.25, -0.2) is 8.78 Å². The summed E-state index contributed by atoms with van der Waals surface area (Å²) in [7, 11) is 0. The molecule has 0 radical (unpaired) electrons. The minimum atomic E-state index is -1.09. The highest BCUT2D eigenvalue weighted by Gasteiger charge is 2.19. The van der Waals surface area contributed by atoms with Crippen LogP contribution in [-0.2, 0) is 9.53 Å². The van der Waals surface area contributed by atoms with Crippen LogP contribution in [0, 0.1) is 11.6 Å². The predicted octanol–water partition coefficient (Wildman–Crippen LogP) is 2.38. The second-order valence-electron chi connectivity index (χ2n) is 4.16. The highest BCUT2D eigenvalue weighted by atomic mass is 19.2. The van der Waals surface area contributed by atoms with Crippen LogP contribution < -0.4 is 0 Å². The number of benzene rings is 1. The highest BCUT2D eigenvalue weighted by Crippen LogP contribution is 2.11. The summed E-state index contributed by atoms with van der Waals surface area (Å²) in [5, 5.41) is 0. The van der Waals surface area contributed by atoms with E-state index in [1.54, 1.807) is 6.92 Å². The summed E-state index contributed by atoms with van der Waals surface area (Å²) in [5.41, 5.74) is 0.00153. The van der Waals surface area contributed by atoms with Crippen LogP contribution in [0.15, 0.2) is 18.2 Å². The van der Waals surface area contributed by atoms with Crippen molar-refractivity contribution in [1.29, 1.82) is 0 Å². The second-order valence-corrected chi connectivity index (χ2v) is 4.16. The molecule has 0 N–H and O–H groups in total. The maximum atomic E-state index is 13.1. The Kier molecular flexibility index (Phi) is 6.09. The van der Waals surface area contributed by atoms with Gasteiger partial charge in [-0.2, -0.15) is 0 Å². The quantitative estimate of drug-likeness (QED) is 0.754. The van der Waals surface area contributed by atoms with E-state index in [0.717, 1.165) is 12.1 Å². The molecule has 0 aliphatic carbocycles. The van der Waals surface area contributed by atoms with E-state index in [0.29, 0.717) is 13.0 Å². The smallest absolute Gasteiger partial charge is 0.325 e. The van der Waals surface area contributed by atoms with Crippen LogP contribution in [0.25, 0.3) is 0 Å². The Balaban J connectivity index is 2.87. The number of halogens is 2. The summed E-state index contributed by atoms with van der Waals surface area (Å²) in [5.74, 6) is -3.17. The van der Waals surface area contributed by atoms with Gasteiger partial charge in [0.1, 0.15) is 6.54 Å². The van der Waals surface area contributed by atoms with Crippen molar-refractivity contribution in [2.75, 3.05) is 19.7 Å². The molecule has 0 saturated carbocycles. The Hall–Kier alpha value is -1.98. The predicted molar refractivity (Wildman–Crippen MR) is 69.2 cm³/mol. The van der Waals surface area contributed by atoms with Crippen LogP contribution in [0.5, 0.6) is 0 Å². The minimum Gasteiger partial charge on any atom is -0.465 e. The third-order valence-corrected chi connectivity index (χ3v) is 2.57. The molecule has 1 amide bonds. The van der Waals surface area contributed by atoms with Crippen LogP contribution in [0.3, 0.4) is 0 Å². The Morgan fingerprint density at radius 1 is 1.20 bits per heavy atom. The summed E-state index contributed by atoms with van der Waals surface area (Å²) in [6.45, 7) is 3.85. The summed E-state index contributed by atoms with van der Waals surface area (Å²) in [6.07, 6.45) is 0.634. The number of carbonyl (C=O) groups excluding carboxylic acids is 2. The molecule has 1 rings (SSSR count). The fourth-order valence-electron chi connectivity index (χ4n) is 1.70. The van der Waals surface area contributed by atoms with E-state index < -0.39 is 23.5 Å². The zero-order chi connectivity index (χ0) is 15.1. The number of amides is 1. The molecule has 20 heavy (non-hydrogen) atoms. The SMILES string of the molecule is CCCN(CC(=O)OCC)C(=O)c1ccc(F)c(F)c1. The third-order valence-electron chi connectivity index (χ3n) is 2.57. The monoisotopic (exact) mass is 285 g/mol. The fraction of sp³-hybridized carbons (Fsp3) is 0.429. The van der Waals surface area contributed by atoms with Crippen LogP contribution >= 0.6 is 0 Å². The molecular weight excluding hydrogens is 268 g/mol. The summed E-state index contributed by atoms with van der Waals surface area (Å²) >= 11 is 0. The molecule has 0 heterocycles. The fourth-order valence-corrected chi connectivity index (χ4v) is 1.70.